The lowest BCUT2D eigenvalue weighted by Crippen LogP contribution is -2.37. The molecule has 0 aliphatic heterocycles. The lowest BCUT2D eigenvalue weighted by molar-refractivity contribution is -0.122. The highest BCUT2D eigenvalue weighted by Crippen LogP contribution is 2.23. The minimum atomic E-state index is -0.731. The molecule has 1 aliphatic carbocycles. The van der Waals surface area contributed by atoms with E-state index in [1.165, 1.54) is 6.42 Å². The van der Waals surface area contributed by atoms with Gasteiger partial charge in [-0.2, -0.15) is 0 Å². The molecule has 3 rings (SSSR count). The largest absolute Gasteiger partial charge is 0.481 e. The molecule has 2 amide bonds. The summed E-state index contributed by atoms with van der Waals surface area (Å²) in [4.78, 5) is 25.4. The summed E-state index contributed by atoms with van der Waals surface area (Å²) in [6.07, 6.45) is 4.79. The number of anilines is 1. The van der Waals surface area contributed by atoms with Crippen LogP contribution in [0, 0.1) is 6.92 Å². The third kappa shape index (κ3) is 5.73. The van der Waals surface area contributed by atoms with Crippen LogP contribution >= 0.6 is 11.6 Å². The molecule has 2 aromatic carbocycles. The number of carbonyl (C=O) groups excluding carboxylic acids is 2. The highest BCUT2D eigenvalue weighted by molar-refractivity contribution is 6.31. The Hall–Kier alpha value is -2.53. The van der Waals surface area contributed by atoms with Gasteiger partial charge in [-0.05, 0) is 62.6 Å². The van der Waals surface area contributed by atoms with E-state index in [9.17, 15) is 9.59 Å². The Morgan fingerprint density at radius 2 is 1.83 bits per heavy atom. The van der Waals surface area contributed by atoms with Gasteiger partial charge in [0.25, 0.3) is 11.8 Å². The molecule has 5 nitrogen and oxygen atoms in total. The fraction of sp³-hybridized carbons (Fsp3) is 0.391. The van der Waals surface area contributed by atoms with Gasteiger partial charge in [0.15, 0.2) is 6.10 Å². The lowest BCUT2D eigenvalue weighted by Gasteiger charge is -2.23. The molecule has 0 bridgehead atoms. The van der Waals surface area contributed by atoms with E-state index in [0.717, 1.165) is 31.2 Å². The zero-order valence-electron chi connectivity index (χ0n) is 16.8. The van der Waals surface area contributed by atoms with E-state index in [-0.39, 0.29) is 17.9 Å². The number of para-hydroxylation sites is 1. The molecule has 0 saturated heterocycles. The molecule has 0 heterocycles. The maximum Gasteiger partial charge on any atom is 0.265 e. The topological polar surface area (TPSA) is 67.4 Å². The van der Waals surface area contributed by atoms with E-state index < -0.39 is 6.10 Å². The first kappa shape index (κ1) is 21.2. The van der Waals surface area contributed by atoms with Crippen molar-refractivity contribution in [1.82, 2.24) is 5.32 Å². The van der Waals surface area contributed by atoms with Crippen LogP contribution in [0.3, 0.4) is 0 Å². The minimum absolute atomic E-state index is 0.158. The number of halogens is 1. The van der Waals surface area contributed by atoms with Gasteiger partial charge in [-0.15, -0.1) is 0 Å². The van der Waals surface area contributed by atoms with Gasteiger partial charge in [0.1, 0.15) is 5.75 Å². The quantitative estimate of drug-likeness (QED) is 0.689. The number of hydrogen-bond donors (Lipinski definition) is 2. The van der Waals surface area contributed by atoms with Crippen LogP contribution in [0.2, 0.25) is 5.02 Å². The number of amides is 2. The SMILES string of the molecule is Cc1cc(OC(C)C(=O)Nc2ccccc2C(=O)NC2CCCCC2)ccc1Cl. The number of benzene rings is 2. The van der Waals surface area contributed by atoms with E-state index >= 15 is 0 Å². The fourth-order valence-electron chi connectivity index (χ4n) is 3.48. The van der Waals surface area contributed by atoms with Crippen molar-refractivity contribution in [2.75, 3.05) is 5.32 Å². The molecular formula is C23H27ClN2O3. The van der Waals surface area contributed by atoms with Gasteiger partial charge in [0.2, 0.25) is 0 Å². The van der Waals surface area contributed by atoms with Crippen LogP contribution in [0.4, 0.5) is 5.69 Å². The summed E-state index contributed by atoms with van der Waals surface area (Å²) in [7, 11) is 0. The van der Waals surface area contributed by atoms with Crippen LogP contribution in [-0.2, 0) is 4.79 Å². The average molecular weight is 415 g/mol. The molecule has 2 N–H and O–H groups in total. The van der Waals surface area contributed by atoms with Crippen molar-refractivity contribution < 1.29 is 14.3 Å². The van der Waals surface area contributed by atoms with Crippen molar-refractivity contribution in [3.05, 3.63) is 58.6 Å². The first-order valence-corrected chi connectivity index (χ1v) is 10.5. The van der Waals surface area contributed by atoms with Crippen molar-refractivity contribution in [2.24, 2.45) is 0 Å². The Balaban J connectivity index is 1.65. The van der Waals surface area contributed by atoms with Crippen molar-refractivity contribution in [2.45, 2.75) is 58.1 Å². The second-order valence-corrected chi connectivity index (χ2v) is 7.92. The summed E-state index contributed by atoms with van der Waals surface area (Å²) in [5, 5.41) is 6.56. The normalized spacial score (nSPS) is 15.4. The Morgan fingerprint density at radius 3 is 2.55 bits per heavy atom. The average Bonchev–Trinajstić information content (AvgIpc) is 2.71. The van der Waals surface area contributed by atoms with Crippen LogP contribution in [0.1, 0.15) is 54.9 Å². The fourth-order valence-corrected chi connectivity index (χ4v) is 3.60. The standard InChI is InChI=1S/C23H27ClN2O3/c1-15-14-18(12-13-20(15)24)29-16(2)22(27)26-21-11-7-6-10-19(21)23(28)25-17-8-4-3-5-9-17/h6-7,10-14,16-17H,3-5,8-9H2,1-2H3,(H,25,28)(H,26,27). The Labute approximate surface area is 176 Å². The van der Waals surface area contributed by atoms with Crippen LogP contribution in [0.15, 0.2) is 42.5 Å². The van der Waals surface area contributed by atoms with Crippen molar-refractivity contribution >= 4 is 29.1 Å². The van der Waals surface area contributed by atoms with Gasteiger partial charge in [-0.25, -0.2) is 0 Å². The molecule has 1 aliphatic rings. The molecule has 6 heteroatoms. The molecule has 154 valence electrons. The molecule has 2 aromatic rings. The molecule has 1 atom stereocenters. The molecule has 0 radical (unpaired) electrons. The lowest BCUT2D eigenvalue weighted by atomic mass is 9.95. The Kier molecular flexibility index (Phi) is 7.15. The molecule has 1 unspecified atom stereocenters. The molecular weight excluding hydrogens is 388 g/mol. The van der Waals surface area contributed by atoms with E-state index in [2.05, 4.69) is 10.6 Å². The van der Waals surface area contributed by atoms with E-state index in [4.69, 9.17) is 16.3 Å². The number of ether oxygens (including phenoxy) is 1. The first-order valence-electron chi connectivity index (χ1n) is 10.1. The third-order valence-corrected chi connectivity index (χ3v) is 5.61. The monoisotopic (exact) mass is 414 g/mol. The van der Waals surface area contributed by atoms with E-state index in [0.29, 0.717) is 22.0 Å². The summed E-state index contributed by atoms with van der Waals surface area (Å²) in [6, 6.07) is 12.5. The number of nitrogens with one attached hydrogen (secondary N) is 2. The molecule has 1 saturated carbocycles. The van der Waals surface area contributed by atoms with Gasteiger partial charge in [0, 0.05) is 11.1 Å². The number of carbonyl (C=O) groups is 2. The molecule has 0 spiro atoms. The third-order valence-electron chi connectivity index (χ3n) is 5.18. The van der Waals surface area contributed by atoms with Gasteiger partial charge in [-0.1, -0.05) is 43.0 Å². The summed E-state index contributed by atoms with van der Waals surface area (Å²) in [5.41, 5.74) is 1.82. The second kappa shape index (κ2) is 9.79. The van der Waals surface area contributed by atoms with Crippen molar-refractivity contribution in [1.29, 1.82) is 0 Å². The molecule has 1 fully saturated rings. The summed E-state index contributed by atoms with van der Waals surface area (Å²) >= 11 is 6.03. The second-order valence-electron chi connectivity index (χ2n) is 7.51. The van der Waals surface area contributed by atoms with Gasteiger partial charge < -0.3 is 15.4 Å². The maximum absolute atomic E-state index is 12.7. The van der Waals surface area contributed by atoms with E-state index in [1.807, 2.05) is 6.92 Å². The zero-order chi connectivity index (χ0) is 20.8. The van der Waals surface area contributed by atoms with Crippen LogP contribution in [-0.4, -0.2) is 24.0 Å². The smallest absolute Gasteiger partial charge is 0.265 e. The minimum Gasteiger partial charge on any atom is -0.481 e. The molecule has 0 aromatic heterocycles. The number of hydrogen-bond acceptors (Lipinski definition) is 3. The summed E-state index contributed by atoms with van der Waals surface area (Å²) in [6.45, 7) is 3.55. The highest BCUT2D eigenvalue weighted by Gasteiger charge is 2.21. The summed E-state index contributed by atoms with van der Waals surface area (Å²) in [5.74, 6) is 0.0862. The predicted molar refractivity (Wildman–Crippen MR) is 116 cm³/mol. The van der Waals surface area contributed by atoms with Gasteiger partial charge in [-0.3, -0.25) is 9.59 Å². The van der Waals surface area contributed by atoms with Crippen molar-refractivity contribution in [3.63, 3.8) is 0 Å². The van der Waals surface area contributed by atoms with Crippen molar-refractivity contribution in [3.8, 4) is 5.75 Å². The van der Waals surface area contributed by atoms with Gasteiger partial charge >= 0.3 is 0 Å². The van der Waals surface area contributed by atoms with Crippen LogP contribution in [0.5, 0.6) is 5.75 Å². The van der Waals surface area contributed by atoms with E-state index in [1.54, 1.807) is 49.4 Å². The molecule has 29 heavy (non-hydrogen) atoms. The summed E-state index contributed by atoms with van der Waals surface area (Å²) < 4.78 is 5.73. The predicted octanol–water partition coefficient (Wildman–Crippen LogP) is 5.12. The van der Waals surface area contributed by atoms with Gasteiger partial charge in [0.05, 0.1) is 11.3 Å². The number of rotatable bonds is 6. The Morgan fingerprint density at radius 1 is 1.10 bits per heavy atom. The zero-order valence-corrected chi connectivity index (χ0v) is 17.6. The first-order chi connectivity index (χ1) is 13.9. The highest BCUT2D eigenvalue weighted by atomic mass is 35.5. The van der Waals surface area contributed by atoms with Crippen LogP contribution < -0.4 is 15.4 Å². The Bertz CT molecular complexity index is 878. The number of aryl methyl sites for hydroxylation is 1. The van der Waals surface area contributed by atoms with Crippen LogP contribution in [0.25, 0.3) is 0 Å². The maximum atomic E-state index is 12.7.